The number of nitrogens with zero attached hydrogens (tertiary/aromatic N) is 1. The lowest BCUT2D eigenvalue weighted by atomic mass is 10.1. The Kier molecular flexibility index (Phi) is 0.686. The van der Waals surface area contributed by atoms with Crippen LogP contribution in [-0.4, -0.2) is 0 Å². The van der Waals surface area contributed by atoms with Gasteiger partial charge in [0.05, 0.1) is 6.07 Å². The fourth-order valence-corrected chi connectivity index (χ4v) is 1.82. The lowest BCUT2D eigenvalue weighted by Crippen LogP contribution is -1.90. The first kappa shape index (κ1) is 4.38. The summed E-state index contributed by atoms with van der Waals surface area (Å²) >= 11 is 0. The highest BCUT2D eigenvalue weighted by atomic mass is 14.5. The lowest BCUT2D eigenvalue weighted by molar-refractivity contribution is 0.604. The molecule has 0 N–H and O–H groups in total. The van der Waals surface area contributed by atoms with Gasteiger partial charge in [-0.1, -0.05) is 0 Å². The number of hydrogen-bond donors (Lipinski definition) is 0. The SMILES string of the molecule is N#CC1C[C@@H]2C[C@H]2C1. The molecule has 2 atom stereocenters. The Hall–Kier alpha value is -0.510. The van der Waals surface area contributed by atoms with E-state index in [0.29, 0.717) is 5.92 Å². The van der Waals surface area contributed by atoms with Gasteiger partial charge in [0.15, 0.2) is 0 Å². The van der Waals surface area contributed by atoms with Crippen LogP contribution in [0.3, 0.4) is 0 Å². The maximum atomic E-state index is 8.45. The lowest BCUT2D eigenvalue weighted by Gasteiger charge is -1.95. The second-order valence-electron chi connectivity index (χ2n) is 3.05. The van der Waals surface area contributed by atoms with Crippen LogP contribution in [0.5, 0.6) is 0 Å². The standard InChI is InChI=1S/C7H9N/c8-4-5-1-6-3-7(6)2-5/h5-7H,1-3H2/t6-,7-/m1/s1. The summed E-state index contributed by atoms with van der Waals surface area (Å²) in [6, 6.07) is 2.32. The van der Waals surface area contributed by atoms with E-state index in [-0.39, 0.29) is 0 Å². The van der Waals surface area contributed by atoms with Crippen molar-refractivity contribution < 1.29 is 0 Å². The summed E-state index contributed by atoms with van der Waals surface area (Å²) in [6.07, 6.45) is 3.85. The summed E-state index contributed by atoms with van der Waals surface area (Å²) in [5, 5.41) is 8.45. The molecule has 2 rings (SSSR count). The quantitative estimate of drug-likeness (QED) is 0.460. The Morgan fingerprint density at radius 1 is 1.12 bits per heavy atom. The molecule has 0 unspecified atom stereocenters. The average molecular weight is 107 g/mol. The second kappa shape index (κ2) is 1.25. The van der Waals surface area contributed by atoms with E-state index in [1.54, 1.807) is 0 Å². The molecule has 0 heterocycles. The van der Waals surface area contributed by atoms with E-state index in [2.05, 4.69) is 6.07 Å². The van der Waals surface area contributed by atoms with E-state index in [1.807, 2.05) is 0 Å². The van der Waals surface area contributed by atoms with E-state index < -0.39 is 0 Å². The summed E-state index contributed by atoms with van der Waals surface area (Å²) in [7, 11) is 0. The van der Waals surface area contributed by atoms with Gasteiger partial charge in [-0.25, -0.2) is 0 Å². The molecule has 2 aliphatic rings. The van der Waals surface area contributed by atoms with Crippen LogP contribution in [0.4, 0.5) is 0 Å². The van der Waals surface area contributed by atoms with Gasteiger partial charge in [-0.15, -0.1) is 0 Å². The molecule has 0 radical (unpaired) electrons. The summed E-state index contributed by atoms with van der Waals surface area (Å²) < 4.78 is 0. The molecule has 0 aromatic carbocycles. The molecule has 2 saturated carbocycles. The molecule has 1 heteroatoms. The Labute approximate surface area is 49.3 Å². The molecule has 0 aliphatic heterocycles. The molecule has 0 bridgehead atoms. The van der Waals surface area contributed by atoms with Crippen LogP contribution in [-0.2, 0) is 0 Å². The van der Waals surface area contributed by atoms with E-state index in [0.717, 1.165) is 11.8 Å². The predicted octanol–water partition coefficient (Wildman–Crippen LogP) is 1.56. The highest BCUT2D eigenvalue weighted by Gasteiger charge is 2.45. The summed E-state index contributed by atoms with van der Waals surface area (Å²) in [6.45, 7) is 0. The Morgan fingerprint density at radius 3 is 2.12 bits per heavy atom. The van der Waals surface area contributed by atoms with Crippen LogP contribution in [0.2, 0.25) is 0 Å². The fraction of sp³-hybridized carbons (Fsp3) is 0.857. The van der Waals surface area contributed by atoms with Gasteiger partial charge in [0.25, 0.3) is 0 Å². The Balaban J connectivity index is 2.01. The van der Waals surface area contributed by atoms with Crippen molar-refractivity contribution in [2.24, 2.45) is 17.8 Å². The highest BCUT2D eigenvalue weighted by Crippen LogP contribution is 2.53. The molecular weight excluding hydrogens is 98.1 g/mol. The average Bonchev–Trinajstić information content (AvgIpc) is 2.40. The third kappa shape index (κ3) is 0.461. The number of nitriles is 1. The van der Waals surface area contributed by atoms with Crippen LogP contribution in [0.15, 0.2) is 0 Å². The molecule has 0 aromatic rings. The minimum absolute atomic E-state index is 0.429. The van der Waals surface area contributed by atoms with Crippen molar-refractivity contribution in [3.63, 3.8) is 0 Å². The zero-order valence-corrected chi connectivity index (χ0v) is 4.80. The topological polar surface area (TPSA) is 23.8 Å². The smallest absolute Gasteiger partial charge is 0.0655 e. The zero-order valence-electron chi connectivity index (χ0n) is 4.80. The summed E-state index contributed by atoms with van der Waals surface area (Å²) in [5.41, 5.74) is 0. The van der Waals surface area contributed by atoms with E-state index in [4.69, 9.17) is 5.26 Å². The van der Waals surface area contributed by atoms with Crippen molar-refractivity contribution in [2.45, 2.75) is 19.3 Å². The van der Waals surface area contributed by atoms with E-state index in [9.17, 15) is 0 Å². The Bertz CT molecular complexity index is 135. The Morgan fingerprint density at radius 2 is 1.75 bits per heavy atom. The van der Waals surface area contributed by atoms with Crippen molar-refractivity contribution in [3.8, 4) is 6.07 Å². The van der Waals surface area contributed by atoms with Gasteiger partial charge >= 0.3 is 0 Å². The third-order valence-electron chi connectivity index (χ3n) is 2.43. The first-order valence-corrected chi connectivity index (χ1v) is 3.30. The van der Waals surface area contributed by atoms with Crippen molar-refractivity contribution in [1.82, 2.24) is 0 Å². The van der Waals surface area contributed by atoms with Gasteiger partial charge in [-0.2, -0.15) is 5.26 Å². The number of rotatable bonds is 0. The number of fused-ring (bicyclic) bond motifs is 1. The van der Waals surface area contributed by atoms with Crippen LogP contribution in [0.25, 0.3) is 0 Å². The molecule has 42 valence electrons. The molecule has 0 amide bonds. The largest absolute Gasteiger partial charge is 0.198 e. The summed E-state index contributed by atoms with van der Waals surface area (Å²) in [5.74, 6) is 2.37. The van der Waals surface area contributed by atoms with Gasteiger partial charge < -0.3 is 0 Å². The first-order valence-electron chi connectivity index (χ1n) is 3.30. The maximum Gasteiger partial charge on any atom is 0.0655 e. The van der Waals surface area contributed by atoms with Crippen LogP contribution >= 0.6 is 0 Å². The molecule has 8 heavy (non-hydrogen) atoms. The van der Waals surface area contributed by atoms with Gasteiger partial charge in [-0.05, 0) is 31.1 Å². The molecule has 2 aliphatic carbocycles. The van der Waals surface area contributed by atoms with Crippen molar-refractivity contribution in [3.05, 3.63) is 0 Å². The van der Waals surface area contributed by atoms with Crippen molar-refractivity contribution in [1.29, 1.82) is 5.26 Å². The normalized spacial score (nSPS) is 43.4. The molecular formula is C7H9N. The fourth-order valence-electron chi connectivity index (χ4n) is 1.82. The van der Waals surface area contributed by atoms with Gasteiger partial charge in [-0.3, -0.25) is 0 Å². The molecule has 2 fully saturated rings. The van der Waals surface area contributed by atoms with Crippen LogP contribution in [0, 0.1) is 29.1 Å². The first-order chi connectivity index (χ1) is 3.90. The van der Waals surface area contributed by atoms with Gasteiger partial charge in [0, 0.05) is 5.92 Å². The van der Waals surface area contributed by atoms with E-state index >= 15 is 0 Å². The second-order valence-corrected chi connectivity index (χ2v) is 3.05. The molecule has 0 saturated heterocycles. The third-order valence-corrected chi connectivity index (χ3v) is 2.43. The zero-order chi connectivity index (χ0) is 5.56. The van der Waals surface area contributed by atoms with Crippen molar-refractivity contribution in [2.75, 3.05) is 0 Å². The van der Waals surface area contributed by atoms with Crippen molar-refractivity contribution >= 4 is 0 Å². The minimum atomic E-state index is 0.429. The predicted molar refractivity (Wildman–Crippen MR) is 29.9 cm³/mol. The maximum absolute atomic E-state index is 8.45. The van der Waals surface area contributed by atoms with Gasteiger partial charge in [0.2, 0.25) is 0 Å². The van der Waals surface area contributed by atoms with Crippen LogP contribution < -0.4 is 0 Å². The van der Waals surface area contributed by atoms with E-state index in [1.165, 1.54) is 19.3 Å². The molecule has 0 spiro atoms. The molecule has 0 aromatic heterocycles. The molecule has 1 nitrogen and oxygen atoms in total. The monoisotopic (exact) mass is 107 g/mol. The van der Waals surface area contributed by atoms with Crippen LogP contribution in [0.1, 0.15) is 19.3 Å². The summed E-state index contributed by atoms with van der Waals surface area (Å²) in [4.78, 5) is 0. The number of hydrogen-bond acceptors (Lipinski definition) is 1. The minimum Gasteiger partial charge on any atom is -0.198 e. The van der Waals surface area contributed by atoms with Gasteiger partial charge in [0.1, 0.15) is 0 Å². The highest BCUT2D eigenvalue weighted by molar-refractivity contribution is 5.02.